The van der Waals surface area contributed by atoms with Crippen molar-refractivity contribution in [3.8, 4) is 11.1 Å². The summed E-state index contributed by atoms with van der Waals surface area (Å²) >= 11 is 0. The molecule has 0 unspecified atom stereocenters. The van der Waals surface area contributed by atoms with Crippen LogP contribution in [0.25, 0.3) is 11.1 Å². The number of hydrogen-bond donors (Lipinski definition) is 0. The van der Waals surface area contributed by atoms with Crippen molar-refractivity contribution in [2.24, 2.45) is 0 Å². The Morgan fingerprint density at radius 2 is 0.625 bits per heavy atom. The van der Waals surface area contributed by atoms with E-state index in [2.05, 4.69) is 88.8 Å². The third-order valence-electron chi connectivity index (χ3n) is 8.20. The second kappa shape index (κ2) is 4.53. The van der Waals surface area contributed by atoms with E-state index in [0.29, 0.717) is 0 Å². The van der Waals surface area contributed by atoms with E-state index in [0.717, 1.165) is 0 Å². The van der Waals surface area contributed by atoms with Gasteiger partial charge in [-0.15, -0.1) is 0 Å². The standard InChI is InChI=1S/C20H30Si4/c1-21(2)15-11-9-13-17-19(15)20-16(22(21,3)4)12-10-14-18(20)24(7,8)23(17,5)6/h9-14H,1-8H3. The first-order valence-corrected chi connectivity index (χ1v) is 23.2. The lowest BCUT2D eigenvalue weighted by atomic mass is 10.0. The molecule has 2 aliphatic rings. The Morgan fingerprint density at radius 3 is 0.833 bits per heavy atom. The molecule has 2 aromatic carbocycles. The largest absolute Gasteiger partial charge is 0.0799 e. The van der Waals surface area contributed by atoms with E-state index in [4.69, 9.17) is 0 Å². The lowest BCUT2D eigenvalue weighted by Gasteiger charge is -2.53. The highest BCUT2D eigenvalue weighted by atomic mass is 29.3. The molecule has 2 aliphatic heterocycles. The lowest BCUT2D eigenvalue weighted by Crippen LogP contribution is -2.79. The SMILES string of the molecule is C[Si]1(C)c2cccc3c2-c2c(cccc2[Si](C)(C)[Si]3(C)C)[Si]1(C)C. The van der Waals surface area contributed by atoms with Gasteiger partial charge in [-0.1, -0.05) is 110 Å². The molecular weight excluding hydrogens is 353 g/mol. The topological polar surface area (TPSA) is 0 Å². The zero-order valence-corrected chi connectivity index (χ0v) is 20.5. The minimum atomic E-state index is -1.44. The second-order valence-corrected chi connectivity index (χ2v) is 40.1. The fourth-order valence-corrected chi connectivity index (χ4v) is 24.2. The van der Waals surface area contributed by atoms with E-state index >= 15 is 0 Å². The summed E-state index contributed by atoms with van der Waals surface area (Å²) in [5, 5.41) is 7.12. The van der Waals surface area contributed by atoms with Gasteiger partial charge < -0.3 is 0 Å². The summed E-state index contributed by atoms with van der Waals surface area (Å²) in [6.45, 7) is 21.2. The molecule has 2 aromatic rings. The van der Waals surface area contributed by atoms with E-state index in [9.17, 15) is 0 Å². The number of benzene rings is 2. The van der Waals surface area contributed by atoms with Gasteiger partial charge in [0.25, 0.3) is 0 Å². The Labute approximate surface area is 150 Å². The van der Waals surface area contributed by atoms with Gasteiger partial charge in [0.05, 0.1) is 30.4 Å². The average Bonchev–Trinajstić information content (AvgIpc) is 2.50. The highest BCUT2D eigenvalue weighted by molar-refractivity contribution is 7.53. The Kier molecular flexibility index (Phi) is 3.16. The van der Waals surface area contributed by atoms with Crippen LogP contribution in [0.5, 0.6) is 0 Å². The van der Waals surface area contributed by atoms with Crippen molar-refractivity contribution in [2.75, 3.05) is 0 Å². The summed E-state index contributed by atoms with van der Waals surface area (Å²) in [6, 6.07) is 14.8. The molecule has 0 N–H and O–H groups in total. The van der Waals surface area contributed by atoms with Crippen LogP contribution in [0.3, 0.4) is 0 Å². The van der Waals surface area contributed by atoms with E-state index in [1.165, 1.54) is 0 Å². The molecule has 126 valence electrons. The van der Waals surface area contributed by atoms with Crippen LogP contribution in [0.2, 0.25) is 52.4 Å². The van der Waals surface area contributed by atoms with Crippen molar-refractivity contribution in [2.45, 2.75) is 52.4 Å². The maximum Gasteiger partial charge on any atom is 0.0799 e. The van der Waals surface area contributed by atoms with Crippen LogP contribution in [0.4, 0.5) is 0 Å². The van der Waals surface area contributed by atoms with Crippen molar-refractivity contribution in [3.63, 3.8) is 0 Å². The van der Waals surface area contributed by atoms with Crippen molar-refractivity contribution in [1.82, 2.24) is 0 Å². The third-order valence-corrected chi connectivity index (χ3v) is 43.5. The molecule has 0 atom stereocenters. The maximum atomic E-state index is 2.65. The van der Waals surface area contributed by atoms with Crippen LogP contribution in [-0.2, 0) is 0 Å². The molecule has 0 radical (unpaired) electrons. The molecule has 0 aliphatic carbocycles. The second-order valence-electron chi connectivity index (χ2n) is 9.96. The summed E-state index contributed by atoms with van der Waals surface area (Å²) in [7, 11) is -5.77. The molecule has 0 nitrogen and oxygen atoms in total. The Hall–Kier alpha value is -0.692. The molecule has 4 rings (SSSR count). The fraction of sp³-hybridized carbons (Fsp3) is 0.400. The molecule has 0 amide bonds. The molecule has 2 heterocycles. The monoisotopic (exact) mass is 382 g/mol. The third kappa shape index (κ3) is 1.64. The van der Waals surface area contributed by atoms with Crippen molar-refractivity contribution in [3.05, 3.63) is 36.4 Å². The van der Waals surface area contributed by atoms with E-state index in [-0.39, 0.29) is 0 Å². The normalized spacial score (nSPS) is 23.5. The van der Waals surface area contributed by atoms with Gasteiger partial charge in [-0.05, 0) is 11.1 Å². The Bertz CT molecular complexity index is 737. The van der Waals surface area contributed by atoms with Crippen LogP contribution >= 0.6 is 0 Å². The van der Waals surface area contributed by atoms with Gasteiger partial charge in [-0.3, -0.25) is 0 Å². The van der Waals surface area contributed by atoms with Gasteiger partial charge in [0.15, 0.2) is 0 Å². The number of hydrogen-bond acceptors (Lipinski definition) is 0. The molecule has 0 spiro atoms. The molecular formula is C20H30Si4. The van der Waals surface area contributed by atoms with E-state index in [1.807, 2.05) is 0 Å². The van der Waals surface area contributed by atoms with Gasteiger partial charge in [0.2, 0.25) is 0 Å². The molecule has 0 fully saturated rings. The average molecular weight is 383 g/mol. The van der Waals surface area contributed by atoms with Crippen LogP contribution in [0, 0.1) is 0 Å². The van der Waals surface area contributed by atoms with Crippen molar-refractivity contribution in [1.29, 1.82) is 0 Å². The predicted octanol–water partition coefficient (Wildman–Crippen LogP) is 3.20. The van der Waals surface area contributed by atoms with Crippen LogP contribution in [-0.4, -0.2) is 30.4 Å². The zero-order valence-electron chi connectivity index (χ0n) is 16.5. The molecule has 24 heavy (non-hydrogen) atoms. The Balaban J connectivity index is 2.27. The van der Waals surface area contributed by atoms with Crippen molar-refractivity contribution >= 4 is 51.1 Å². The molecule has 0 bridgehead atoms. The van der Waals surface area contributed by atoms with Gasteiger partial charge in [0.1, 0.15) is 0 Å². The van der Waals surface area contributed by atoms with Crippen LogP contribution in [0.1, 0.15) is 0 Å². The van der Waals surface area contributed by atoms with Crippen LogP contribution in [0.15, 0.2) is 36.4 Å². The fourth-order valence-electron chi connectivity index (χ4n) is 5.07. The first-order valence-electron chi connectivity index (χ1n) is 9.24. The first-order chi connectivity index (χ1) is 11.0. The maximum absolute atomic E-state index is 2.65. The summed E-state index contributed by atoms with van der Waals surface area (Å²) in [6.07, 6.45) is 0. The van der Waals surface area contributed by atoms with Crippen molar-refractivity contribution < 1.29 is 0 Å². The summed E-state index contributed by atoms with van der Waals surface area (Å²) < 4.78 is 0. The summed E-state index contributed by atoms with van der Waals surface area (Å²) in [4.78, 5) is 0. The quantitative estimate of drug-likeness (QED) is 0.614. The van der Waals surface area contributed by atoms with Gasteiger partial charge in [0, 0.05) is 0 Å². The Morgan fingerprint density at radius 1 is 0.417 bits per heavy atom. The predicted molar refractivity (Wildman–Crippen MR) is 120 cm³/mol. The summed E-state index contributed by atoms with van der Waals surface area (Å²) in [5.41, 5.74) is 3.44. The molecule has 0 aromatic heterocycles. The minimum absolute atomic E-state index is 1.44. The highest BCUT2D eigenvalue weighted by Crippen LogP contribution is 2.37. The van der Waals surface area contributed by atoms with E-state index in [1.54, 1.807) is 31.9 Å². The van der Waals surface area contributed by atoms with Crippen LogP contribution < -0.4 is 20.7 Å². The highest BCUT2D eigenvalue weighted by Gasteiger charge is 2.56. The molecule has 0 saturated carbocycles. The minimum Gasteiger partial charge on any atom is -0.0671 e. The molecule has 4 heteroatoms. The molecule has 0 saturated heterocycles. The zero-order chi connectivity index (χ0) is 17.7. The van der Waals surface area contributed by atoms with Gasteiger partial charge in [-0.25, -0.2) is 0 Å². The van der Waals surface area contributed by atoms with E-state index < -0.39 is 30.4 Å². The van der Waals surface area contributed by atoms with Gasteiger partial charge >= 0.3 is 0 Å². The van der Waals surface area contributed by atoms with Gasteiger partial charge in [-0.2, -0.15) is 0 Å². The first kappa shape index (κ1) is 16.8. The summed E-state index contributed by atoms with van der Waals surface area (Å²) in [5.74, 6) is 0. The lowest BCUT2D eigenvalue weighted by molar-refractivity contribution is 1.60. The number of rotatable bonds is 0. The smallest absolute Gasteiger partial charge is 0.0671 e.